The highest BCUT2D eigenvalue weighted by atomic mass is 19.1. The molecule has 2 aromatic rings. The number of hydrogen-bond acceptors (Lipinski definition) is 2. The predicted molar refractivity (Wildman–Crippen MR) is 53.9 cm³/mol. The highest BCUT2D eigenvalue weighted by Gasteiger charge is 2.14. The molecule has 0 bridgehead atoms. The van der Waals surface area contributed by atoms with Crippen LogP contribution in [-0.2, 0) is 0 Å². The minimum Gasteiger partial charge on any atom is -0.395 e. The SMILES string of the molecule is OCC(c1ccc(F)cn1)c1ccc[nH]1. The van der Waals surface area contributed by atoms with E-state index in [0.717, 1.165) is 11.9 Å². The Morgan fingerprint density at radius 1 is 1.40 bits per heavy atom. The first-order valence-electron chi connectivity index (χ1n) is 4.67. The largest absolute Gasteiger partial charge is 0.395 e. The minimum absolute atomic E-state index is 0.0564. The van der Waals surface area contributed by atoms with Gasteiger partial charge in [-0.3, -0.25) is 4.98 Å². The van der Waals surface area contributed by atoms with E-state index in [0.29, 0.717) is 5.69 Å². The summed E-state index contributed by atoms with van der Waals surface area (Å²) in [5.74, 6) is -0.595. The summed E-state index contributed by atoms with van der Waals surface area (Å²) in [6, 6.07) is 6.64. The molecule has 0 fully saturated rings. The molecule has 0 radical (unpaired) electrons. The van der Waals surface area contributed by atoms with Crippen LogP contribution >= 0.6 is 0 Å². The number of pyridine rings is 1. The van der Waals surface area contributed by atoms with Gasteiger partial charge in [0.1, 0.15) is 5.82 Å². The molecular weight excluding hydrogens is 195 g/mol. The van der Waals surface area contributed by atoms with Crippen molar-refractivity contribution in [2.75, 3.05) is 6.61 Å². The number of aromatic amines is 1. The van der Waals surface area contributed by atoms with E-state index in [1.54, 1.807) is 12.3 Å². The van der Waals surface area contributed by atoms with Crippen LogP contribution in [-0.4, -0.2) is 21.7 Å². The van der Waals surface area contributed by atoms with E-state index in [1.807, 2.05) is 12.1 Å². The first kappa shape index (κ1) is 9.86. The molecule has 2 heterocycles. The molecule has 2 N–H and O–H groups in total. The third-order valence-corrected chi connectivity index (χ3v) is 2.29. The molecule has 0 aromatic carbocycles. The van der Waals surface area contributed by atoms with Gasteiger partial charge in [-0.2, -0.15) is 0 Å². The zero-order valence-electron chi connectivity index (χ0n) is 8.02. The number of aliphatic hydroxyl groups is 1. The Kier molecular flexibility index (Phi) is 2.78. The van der Waals surface area contributed by atoms with Gasteiger partial charge < -0.3 is 10.1 Å². The second-order valence-corrected chi connectivity index (χ2v) is 3.26. The Hall–Kier alpha value is -1.68. The average molecular weight is 206 g/mol. The summed E-state index contributed by atoms with van der Waals surface area (Å²) < 4.78 is 12.7. The van der Waals surface area contributed by atoms with Crippen molar-refractivity contribution in [2.45, 2.75) is 5.92 Å². The van der Waals surface area contributed by atoms with Crippen LogP contribution in [0.15, 0.2) is 36.7 Å². The third kappa shape index (κ3) is 2.05. The molecule has 0 saturated heterocycles. The Morgan fingerprint density at radius 3 is 2.80 bits per heavy atom. The number of aromatic nitrogens is 2. The van der Waals surface area contributed by atoms with E-state index < -0.39 is 0 Å². The number of nitrogens with zero attached hydrogens (tertiary/aromatic N) is 1. The lowest BCUT2D eigenvalue weighted by molar-refractivity contribution is 0.277. The summed E-state index contributed by atoms with van der Waals surface area (Å²) in [5, 5.41) is 9.27. The monoisotopic (exact) mass is 206 g/mol. The van der Waals surface area contributed by atoms with Gasteiger partial charge in [0.15, 0.2) is 0 Å². The fourth-order valence-corrected chi connectivity index (χ4v) is 1.51. The van der Waals surface area contributed by atoms with E-state index in [1.165, 1.54) is 6.07 Å². The molecule has 1 atom stereocenters. The molecule has 0 aliphatic rings. The summed E-state index contributed by atoms with van der Waals surface area (Å²) in [6.45, 7) is -0.0564. The van der Waals surface area contributed by atoms with E-state index in [-0.39, 0.29) is 18.3 Å². The van der Waals surface area contributed by atoms with Crippen molar-refractivity contribution in [2.24, 2.45) is 0 Å². The first-order valence-corrected chi connectivity index (χ1v) is 4.67. The van der Waals surface area contributed by atoms with Crippen LogP contribution in [0.25, 0.3) is 0 Å². The normalized spacial score (nSPS) is 12.7. The Morgan fingerprint density at radius 2 is 2.27 bits per heavy atom. The molecule has 2 aromatic heterocycles. The van der Waals surface area contributed by atoms with Crippen LogP contribution in [0.5, 0.6) is 0 Å². The summed E-state index contributed by atoms with van der Waals surface area (Å²) in [7, 11) is 0. The van der Waals surface area contributed by atoms with Gasteiger partial charge in [0.2, 0.25) is 0 Å². The van der Waals surface area contributed by atoms with Gasteiger partial charge in [-0.1, -0.05) is 0 Å². The standard InChI is InChI=1S/C11H11FN2O/c12-8-3-4-11(14-6-8)9(7-15)10-2-1-5-13-10/h1-6,9,13,15H,7H2. The Labute approximate surface area is 86.6 Å². The van der Waals surface area contributed by atoms with Gasteiger partial charge in [0, 0.05) is 11.9 Å². The van der Waals surface area contributed by atoms with Gasteiger partial charge in [0.05, 0.1) is 24.4 Å². The zero-order valence-corrected chi connectivity index (χ0v) is 8.02. The van der Waals surface area contributed by atoms with Crippen LogP contribution in [0.3, 0.4) is 0 Å². The number of H-pyrrole nitrogens is 1. The molecule has 0 spiro atoms. The fourth-order valence-electron chi connectivity index (χ4n) is 1.51. The molecule has 78 valence electrons. The van der Waals surface area contributed by atoms with Crippen LogP contribution in [0.2, 0.25) is 0 Å². The van der Waals surface area contributed by atoms with Gasteiger partial charge in [0.25, 0.3) is 0 Å². The Balaban J connectivity index is 2.31. The van der Waals surface area contributed by atoms with Crippen molar-refractivity contribution in [3.05, 3.63) is 53.9 Å². The van der Waals surface area contributed by atoms with Gasteiger partial charge >= 0.3 is 0 Å². The van der Waals surface area contributed by atoms with Crippen molar-refractivity contribution in [1.82, 2.24) is 9.97 Å². The van der Waals surface area contributed by atoms with E-state index in [4.69, 9.17) is 0 Å². The second kappa shape index (κ2) is 4.23. The fraction of sp³-hybridized carbons (Fsp3) is 0.182. The third-order valence-electron chi connectivity index (χ3n) is 2.29. The maximum Gasteiger partial charge on any atom is 0.141 e. The van der Waals surface area contributed by atoms with Gasteiger partial charge in [-0.15, -0.1) is 0 Å². The molecule has 0 aliphatic heterocycles. The highest BCUT2D eigenvalue weighted by molar-refractivity contribution is 5.23. The lowest BCUT2D eigenvalue weighted by atomic mass is 10.0. The van der Waals surface area contributed by atoms with E-state index >= 15 is 0 Å². The lowest BCUT2D eigenvalue weighted by Gasteiger charge is -2.11. The van der Waals surface area contributed by atoms with Crippen LogP contribution in [0.1, 0.15) is 17.3 Å². The zero-order chi connectivity index (χ0) is 10.7. The second-order valence-electron chi connectivity index (χ2n) is 3.26. The van der Waals surface area contributed by atoms with E-state index in [2.05, 4.69) is 9.97 Å². The van der Waals surface area contributed by atoms with Gasteiger partial charge in [-0.25, -0.2) is 4.39 Å². The maximum absolute atomic E-state index is 12.7. The summed E-state index contributed by atoms with van der Waals surface area (Å²) >= 11 is 0. The van der Waals surface area contributed by atoms with Crippen LogP contribution in [0.4, 0.5) is 4.39 Å². The van der Waals surface area contributed by atoms with E-state index in [9.17, 15) is 9.50 Å². The van der Waals surface area contributed by atoms with Gasteiger partial charge in [-0.05, 0) is 24.3 Å². The maximum atomic E-state index is 12.7. The molecule has 0 saturated carbocycles. The van der Waals surface area contributed by atoms with Crippen molar-refractivity contribution >= 4 is 0 Å². The molecule has 15 heavy (non-hydrogen) atoms. The quantitative estimate of drug-likeness (QED) is 0.802. The smallest absolute Gasteiger partial charge is 0.141 e. The van der Waals surface area contributed by atoms with Crippen molar-refractivity contribution in [1.29, 1.82) is 0 Å². The average Bonchev–Trinajstić information content (AvgIpc) is 2.75. The van der Waals surface area contributed by atoms with Crippen LogP contribution < -0.4 is 0 Å². The number of halogens is 1. The molecule has 4 heteroatoms. The van der Waals surface area contributed by atoms with Crippen molar-refractivity contribution in [3.8, 4) is 0 Å². The predicted octanol–water partition coefficient (Wildman–Crippen LogP) is 1.67. The number of aliphatic hydroxyl groups excluding tert-OH is 1. The lowest BCUT2D eigenvalue weighted by Crippen LogP contribution is -2.08. The minimum atomic E-state index is -0.373. The highest BCUT2D eigenvalue weighted by Crippen LogP contribution is 2.20. The molecular formula is C11H11FN2O. The van der Waals surface area contributed by atoms with Crippen molar-refractivity contribution < 1.29 is 9.50 Å². The topological polar surface area (TPSA) is 48.9 Å². The molecule has 2 rings (SSSR count). The summed E-state index contributed by atoms with van der Waals surface area (Å²) in [6.07, 6.45) is 2.93. The molecule has 0 amide bonds. The number of nitrogens with one attached hydrogen (secondary N) is 1. The molecule has 3 nitrogen and oxygen atoms in total. The number of rotatable bonds is 3. The van der Waals surface area contributed by atoms with Crippen LogP contribution in [0, 0.1) is 5.82 Å². The molecule has 0 aliphatic carbocycles. The summed E-state index contributed by atoms with van der Waals surface area (Å²) in [5.41, 5.74) is 1.53. The molecule has 1 unspecified atom stereocenters. The van der Waals surface area contributed by atoms with Crippen molar-refractivity contribution in [3.63, 3.8) is 0 Å². The summed E-state index contributed by atoms with van der Waals surface area (Å²) in [4.78, 5) is 6.96. The number of hydrogen-bond donors (Lipinski definition) is 2. The Bertz CT molecular complexity index is 411. The first-order chi connectivity index (χ1) is 7.31.